The van der Waals surface area contributed by atoms with Gasteiger partial charge in [-0.15, -0.1) is 0 Å². The van der Waals surface area contributed by atoms with E-state index in [0.29, 0.717) is 55.3 Å². The van der Waals surface area contributed by atoms with Crippen LogP contribution in [0.25, 0.3) is 11.0 Å². The molecule has 2 fully saturated rings. The van der Waals surface area contributed by atoms with Crippen molar-refractivity contribution in [3.05, 3.63) is 65.9 Å². The third-order valence-corrected chi connectivity index (χ3v) is 9.02. The molecule has 1 saturated carbocycles. The lowest BCUT2D eigenvalue weighted by atomic mass is 9.78. The van der Waals surface area contributed by atoms with E-state index in [1.807, 2.05) is 30.3 Å². The van der Waals surface area contributed by atoms with Crippen molar-refractivity contribution >= 4 is 40.5 Å². The van der Waals surface area contributed by atoms with Gasteiger partial charge in [0.15, 0.2) is 0 Å². The molecule has 0 unspecified atom stereocenters. The predicted molar refractivity (Wildman–Crippen MR) is 181 cm³/mol. The van der Waals surface area contributed by atoms with Gasteiger partial charge < -0.3 is 34.2 Å². The molecular formula is C37H46FN3O8. The molecule has 0 spiro atoms. The molecule has 11 nitrogen and oxygen atoms in total. The van der Waals surface area contributed by atoms with E-state index in [2.05, 4.69) is 10.6 Å². The number of ether oxygens (including phenoxy) is 3. The summed E-state index contributed by atoms with van der Waals surface area (Å²) in [6.45, 7) is 7.08. The zero-order valence-corrected chi connectivity index (χ0v) is 28.5. The van der Waals surface area contributed by atoms with Gasteiger partial charge in [0.2, 0.25) is 17.6 Å². The molecule has 2 N–H and O–H groups in total. The summed E-state index contributed by atoms with van der Waals surface area (Å²) >= 11 is 0. The van der Waals surface area contributed by atoms with Gasteiger partial charge in [0, 0.05) is 23.5 Å². The summed E-state index contributed by atoms with van der Waals surface area (Å²) in [4.78, 5) is 54.1. The average Bonchev–Trinajstić information content (AvgIpc) is 3.70. The maximum atomic E-state index is 14.0. The van der Waals surface area contributed by atoms with Crippen molar-refractivity contribution in [2.75, 3.05) is 25.1 Å². The lowest BCUT2D eigenvalue weighted by Gasteiger charge is -2.35. The number of nitrogens with one attached hydrogen (secondary N) is 2. The van der Waals surface area contributed by atoms with Crippen LogP contribution >= 0.6 is 0 Å². The molecule has 49 heavy (non-hydrogen) atoms. The Morgan fingerprint density at radius 1 is 1.00 bits per heavy atom. The highest BCUT2D eigenvalue weighted by Gasteiger charge is 2.45. The maximum absolute atomic E-state index is 14.0. The largest absolute Gasteiger partial charge is 0.460 e. The van der Waals surface area contributed by atoms with Gasteiger partial charge in [0.1, 0.15) is 23.9 Å². The van der Waals surface area contributed by atoms with E-state index >= 15 is 0 Å². The SMILES string of the molecule is CCOC(=O)c1cc2cc(NC(=O)[C@H]3[C@H](OCc4ccccc4)CCN3C(=O)C3CCC([C@@H](CF)NC(=O)OC(C)(C)C)CC3)ccc2o1. The number of rotatable bonds is 11. The first-order chi connectivity index (χ1) is 23.5. The van der Waals surface area contributed by atoms with Gasteiger partial charge in [-0.25, -0.2) is 14.0 Å². The normalized spacial score (nSPS) is 21.6. The third kappa shape index (κ3) is 9.17. The van der Waals surface area contributed by atoms with Gasteiger partial charge in [-0.2, -0.15) is 0 Å². The Bertz CT molecular complexity index is 1610. The molecule has 2 aromatic carbocycles. The van der Waals surface area contributed by atoms with E-state index < -0.39 is 42.5 Å². The Balaban J connectivity index is 1.27. The average molecular weight is 680 g/mol. The first-order valence-electron chi connectivity index (χ1n) is 17.0. The van der Waals surface area contributed by atoms with E-state index in [-0.39, 0.29) is 42.6 Å². The molecule has 1 aliphatic heterocycles. The van der Waals surface area contributed by atoms with Crippen LogP contribution in [0.3, 0.4) is 0 Å². The molecule has 0 bridgehead atoms. The van der Waals surface area contributed by atoms with Gasteiger partial charge in [-0.3, -0.25) is 9.59 Å². The van der Waals surface area contributed by atoms with E-state index in [1.165, 1.54) is 0 Å². The molecule has 0 radical (unpaired) electrons. The summed E-state index contributed by atoms with van der Waals surface area (Å²) in [5, 5.41) is 6.23. The Hall–Kier alpha value is -4.45. The van der Waals surface area contributed by atoms with Gasteiger partial charge in [0.05, 0.1) is 25.4 Å². The predicted octanol–water partition coefficient (Wildman–Crippen LogP) is 6.40. The molecule has 1 aliphatic carbocycles. The summed E-state index contributed by atoms with van der Waals surface area (Å²) in [5.41, 5.74) is 1.20. The lowest BCUT2D eigenvalue weighted by Crippen LogP contribution is -2.51. The van der Waals surface area contributed by atoms with Crippen molar-refractivity contribution in [3.8, 4) is 0 Å². The van der Waals surface area contributed by atoms with Gasteiger partial charge >= 0.3 is 12.1 Å². The summed E-state index contributed by atoms with van der Waals surface area (Å²) in [6, 6.07) is 14.7. The minimum atomic E-state index is -0.878. The number of amides is 3. The molecule has 3 atom stereocenters. The highest BCUT2D eigenvalue weighted by Crippen LogP contribution is 2.35. The number of carbonyl (C=O) groups is 4. The number of esters is 1. The summed E-state index contributed by atoms with van der Waals surface area (Å²) in [5.74, 6) is -1.50. The van der Waals surface area contributed by atoms with Crippen LogP contribution in [0.2, 0.25) is 0 Å². The molecule has 3 aromatic rings. The van der Waals surface area contributed by atoms with Gasteiger partial charge in [-0.05, 0) is 95.5 Å². The Labute approximate surface area is 285 Å². The number of furan rings is 1. The number of hydrogen-bond donors (Lipinski definition) is 2. The fourth-order valence-electron chi connectivity index (χ4n) is 6.66. The Morgan fingerprint density at radius 3 is 2.41 bits per heavy atom. The van der Waals surface area contributed by atoms with Crippen LogP contribution in [0.1, 0.15) is 75.9 Å². The first kappa shape index (κ1) is 35.8. The smallest absolute Gasteiger partial charge is 0.407 e. The minimum Gasteiger partial charge on any atom is -0.460 e. The van der Waals surface area contributed by atoms with E-state index in [4.69, 9.17) is 18.6 Å². The monoisotopic (exact) mass is 679 g/mol. The molecule has 2 heterocycles. The van der Waals surface area contributed by atoms with Crippen LogP contribution in [0.5, 0.6) is 0 Å². The summed E-state index contributed by atoms with van der Waals surface area (Å²) in [6.07, 6.45) is 1.41. The third-order valence-electron chi connectivity index (χ3n) is 9.02. The van der Waals surface area contributed by atoms with Crippen molar-refractivity contribution in [1.82, 2.24) is 10.2 Å². The highest BCUT2D eigenvalue weighted by molar-refractivity contribution is 6.00. The number of anilines is 1. The summed E-state index contributed by atoms with van der Waals surface area (Å²) in [7, 11) is 0. The van der Waals surface area contributed by atoms with Gasteiger partial charge in [0.25, 0.3) is 0 Å². The molecule has 2 aliphatic rings. The molecular weight excluding hydrogens is 633 g/mol. The maximum Gasteiger partial charge on any atom is 0.407 e. The number of halogens is 1. The van der Waals surface area contributed by atoms with Crippen molar-refractivity contribution in [1.29, 1.82) is 0 Å². The lowest BCUT2D eigenvalue weighted by molar-refractivity contribution is -0.144. The Morgan fingerprint density at radius 2 is 1.73 bits per heavy atom. The second-order valence-corrected chi connectivity index (χ2v) is 13.7. The number of benzene rings is 2. The topological polar surface area (TPSA) is 136 Å². The standard InChI is InChI=1S/C37H46FN3O8/c1-5-46-35(44)31-20-26-19-27(15-16-29(26)48-31)39-33(42)32-30(47-22-23-9-7-6-8-10-23)17-18-41(32)34(43)25-13-11-24(12-14-25)28(21-38)40-36(45)49-37(2,3)4/h6-10,15-16,19-20,24-25,28,30,32H,5,11-14,17-18,21-22H2,1-4H3,(H,39,42)(H,40,45)/t24?,25?,28-,30-,32-/m1/s1. The minimum absolute atomic E-state index is 0.0652. The Kier molecular flexibility index (Phi) is 11.6. The fraction of sp³-hybridized carbons (Fsp3) is 0.514. The quantitative estimate of drug-likeness (QED) is 0.222. The molecule has 264 valence electrons. The van der Waals surface area contributed by atoms with E-state index in [9.17, 15) is 23.6 Å². The number of alkyl halides is 1. The number of nitrogens with zero attached hydrogens (tertiary/aromatic N) is 1. The molecule has 3 amide bonds. The number of likely N-dealkylation sites (tertiary alicyclic amines) is 1. The zero-order chi connectivity index (χ0) is 35.1. The van der Waals surface area contributed by atoms with Crippen LogP contribution in [0, 0.1) is 11.8 Å². The number of alkyl carbamates (subject to hydrolysis) is 1. The van der Waals surface area contributed by atoms with E-state index in [0.717, 1.165) is 5.56 Å². The fourth-order valence-corrected chi connectivity index (χ4v) is 6.66. The van der Waals surface area contributed by atoms with Crippen LogP contribution in [-0.4, -0.2) is 72.4 Å². The van der Waals surface area contributed by atoms with Crippen molar-refractivity contribution < 1.29 is 42.2 Å². The van der Waals surface area contributed by atoms with E-state index in [1.54, 1.807) is 56.9 Å². The van der Waals surface area contributed by atoms with Crippen LogP contribution < -0.4 is 10.6 Å². The summed E-state index contributed by atoms with van der Waals surface area (Å²) < 4.78 is 36.2. The van der Waals surface area contributed by atoms with Crippen LogP contribution in [0.15, 0.2) is 59.0 Å². The first-order valence-corrected chi connectivity index (χ1v) is 17.0. The van der Waals surface area contributed by atoms with Crippen LogP contribution in [0.4, 0.5) is 14.9 Å². The number of carbonyl (C=O) groups excluding carboxylic acids is 4. The molecule has 5 rings (SSSR count). The number of hydrogen-bond acceptors (Lipinski definition) is 8. The molecule has 1 aromatic heterocycles. The molecule has 12 heteroatoms. The van der Waals surface area contributed by atoms with Crippen LogP contribution in [-0.2, 0) is 30.4 Å². The second-order valence-electron chi connectivity index (χ2n) is 13.7. The van der Waals surface area contributed by atoms with Crippen molar-refractivity contribution in [2.24, 2.45) is 11.8 Å². The molecule has 1 saturated heterocycles. The zero-order valence-electron chi connectivity index (χ0n) is 28.5. The van der Waals surface area contributed by atoms with Crippen molar-refractivity contribution in [2.45, 2.75) is 90.2 Å². The number of fused-ring (bicyclic) bond motifs is 1. The van der Waals surface area contributed by atoms with Crippen molar-refractivity contribution in [3.63, 3.8) is 0 Å². The second kappa shape index (κ2) is 15.8. The van der Waals surface area contributed by atoms with Gasteiger partial charge in [-0.1, -0.05) is 30.3 Å². The highest BCUT2D eigenvalue weighted by atomic mass is 19.1.